The lowest BCUT2D eigenvalue weighted by Crippen LogP contribution is -2.27. The summed E-state index contributed by atoms with van der Waals surface area (Å²) in [6.07, 6.45) is 0. The van der Waals surface area contributed by atoms with Gasteiger partial charge in [0.15, 0.2) is 0 Å². The van der Waals surface area contributed by atoms with Crippen molar-refractivity contribution in [2.75, 3.05) is 0 Å². The molecule has 0 bridgehead atoms. The topological polar surface area (TPSA) is 65.8 Å². The number of hydrogen-bond donors (Lipinski definition) is 1. The molecule has 0 aliphatic rings. The van der Waals surface area contributed by atoms with Crippen LogP contribution in [0.3, 0.4) is 0 Å². The predicted octanol–water partition coefficient (Wildman–Crippen LogP) is 5.26. The van der Waals surface area contributed by atoms with E-state index in [4.69, 9.17) is 4.98 Å². The Morgan fingerprint density at radius 3 is 2.45 bits per heavy atom. The van der Waals surface area contributed by atoms with Gasteiger partial charge in [-0.25, -0.2) is 4.98 Å². The summed E-state index contributed by atoms with van der Waals surface area (Å²) in [5, 5.41) is 13.2. The monoisotopic (exact) mass is 377 g/mol. The summed E-state index contributed by atoms with van der Waals surface area (Å²) < 4.78 is 0. The minimum Gasteiger partial charge on any atom is -0.345 e. The first-order valence-electron chi connectivity index (χ1n) is 9.42. The maximum Gasteiger partial charge on any atom is 0.252 e. The number of nitrogens with one attached hydrogen (secondary N) is 1. The van der Waals surface area contributed by atoms with Gasteiger partial charge in [0.05, 0.1) is 34.4 Å². The minimum absolute atomic E-state index is 0.193. The standard InChI is InChI=1S/C25H19N3O/c1-17(20-12-6-5-11-19(20)16-26)27-25(29)22-15-24(18-9-3-2-4-10-18)28-23-14-8-7-13-21(22)23/h2-15,17H,1H3,(H,27,29)/t17-/m0/s1. The molecule has 0 aliphatic heterocycles. The van der Waals surface area contributed by atoms with E-state index in [1.54, 1.807) is 6.07 Å². The van der Waals surface area contributed by atoms with Crippen LogP contribution in [0.25, 0.3) is 22.2 Å². The number of nitriles is 1. The molecule has 1 amide bonds. The number of carbonyl (C=O) groups is 1. The van der Waals surface area contributed by atoms with Gasteiger partial charge in [0.2, 0.25) is 0 Å². The average molecular weight is 377 g/mol. The van der Waals surface area contributed by atoms with Crippen LogP contribution in [-0.2, 0) is 0 Å². The Balaban J connectivity index is 1.74. The Labute approximate surface area is 169 Å². The van der Waals surface area contributed by atoms with Crippen LogP contribution in [0.5, 0.6) is 0 Å². The number of benzene rings is 3. The highest BCUT2D eigenvalue weighted by atomic mass is 16.1. The number of aromatic nitrogens is 1. The largest absolute Gasteiger partial charge is 0.345 e. The summed E-state index contributed by atoms with van der Waals surface area (Å²) in [4.78, 5) is 17.9. The highest BCUT2D eigenvalue weighted by Crippen LogP contribution is 2.26. The van der Waals surface area contributed by atoms with Gasteiger partial charge in [-0.1, -0.05) is 66.7 Å². The van der Waals surface area contributed by atoms with Crippen LogP contribution in [0.1, 0.15) is 34.5 Å². The van der Waals surface area contributed by atoms with Crippen molar-refractivity contribution in [3.05, 3.63) is 102 Å². The Morgan fingerprint density at radius 2 is 1.66 bits per heavy atom. The van der Waals surface area contributed by atoms with E-state index in [2.05, 4.69) is 11.4 Å². The van der Waals surface area contributed by atoms with E-state index in [9.17, 15) is 10.1 Å². The number of amides is 1. The fourth-order valence-corrected chi connectivity index (χ4v) is 3.45. The molecule has 4 rings (SSSR count). The first kappa shape index (κ1) is 18.4. The number of hydrogen-bond acceptors (Lipinski definition) is 3. The summed E-state index contributed by atoms with van der Waals surface area (Å²) in [5.41, 5.74) is 4.39. The molecule has 0 unspecified atom stereocenters. The van der Waals surface area contributed by atoms with Crippen LogP contribution in [-0.4, -0.2) is 10.9 Å². The molecular formula is C25H19N3O. The van der Waals surface area contributed by atoms with E-state index in [1.165, 1.54) is 0 Å². The van der Waals surface area contributed by atoms with E-state index in [0.29, 0.717) is 11.1 Å². The van der Waals surface area contributed by atoms with E-state index in [1.807, 2.05) is 85.8 Å². The van der Waals surface area contributed by atoms with Crippen LogP contribution in [0.15, 0.2) is 84.9 Å². The van der Waals surface area contributed by atoms with Gasteiger partial charge in [-0.05, 0) is 30.7 Å². The third-order valence-electron chi connectivity index (χ3n) is 4.93. The number of pyridine rings is 1. The van der Waals surface area contributed by atoms with Crippen LogP contribution in [0.4, 0.5) is 0 Å². The molecule has 3 aromatic carbocycles. The molecule has 1 atom stereocenters. The molecule has 4 nitrogen and oxygen atoms in total. The van der Waals surface area contributed by atoms with E-state index in [-0.39, 0.29) is 11.9 Å². The summed E-state index contributed by atoms with van der Waals surface area (Å²) in [6, 6.07) is 28.5. The van der Waals surface area contributed by atoms with Crippen molar-refractivity contribution >= 4 is 16.8 Å². The fourth-order valence-electron chi connectivity index (χ4n) is 3.45. The van der Waals surface area contributed by atoms with Gasteiger partial charge >= 0.3 is 0 Å². The highest BCUT2D eigenvalue weighted by molar-refractivity contribution is 6.07. The van der Waals surface area contributed by atoms with Crippen molar-refractivity contribution in [3.63, 3.8) is 0 Å². The highest BCUT2D eigenvalue weighted by Gasteiger charge is 2.18. The zero-order chi connectivity index (χ0) is 20.2. The summed E-state index contributed by atoms with van der Waals surface area (Å²) in [7, 11) is 0. The van der Waals surface area contributed by atoms with Crippen LogP contribution in [0, 0.1) is 11.3 Å². The Morgan fingerprint density at radius 1 is 0.966 bits per heavy atom. The third-order valence-corrected chi connectivity index (χ3v) is 4.93. The molecule has 0 fully saturated rings. The number of carbonyl (C=O) groups excluding carboxylic acids is 1. The molecule has 29 heavy (non-hydrogen) atoms. The molecule has 1 aromatic heterocycles. The molecule has 4 aromatic rings. The zero-order valence-electron chi connectivity index (χ0n) is 16.0. The normalized spacial score (nSPS) is 11.6. The summed E-state index contributed by atoms with van der Waals surface area (Å²) >= 11 is 0. The first-order valence-corrected chi connectivity index (χ1v) is 9.42. The lowest BCUT2D eigenvalue weighted by molar-refractivity contribution is 0.0941. The van der Waals surface area contributed by atoms with Gasteiger partial charge in [-0.2, -0.15) is 5.26 Å². The van der Waals surface area contributed by atoms with Crippen molar-refractivity contribution in [2.45, 2.75) is 13.0 Å². The van der Waals surface area contributed by atoms with Crippen molar-refractivity contribution in [1.29, 1.82) is 5.26 Å². The SMILES string of the molecule is C[C@H](NC(=O)c1cc(-c2ccccc2)nc2ccccc12)c1ccccc1C#N. The number of para-hydroxylation sites is 1. The second-order valence-corrected chi connectivity index (χ2v) is 6.83. The quantitative estimate of drug-likeness (QED) is 0.527. The van der Waals surface area contributed by atoms with E-state index < -0.39 is 0 Å². The lowest BCUT2D eigenvalue weighted by Gasteiger charge is -2.17. The van der Waals surface area contributed by atoms with Crippen molar-refractivity contribution in [1.82, 2.24) is 10.3 Å². The number of nitrogens with zero attached hydrogens (tertiary/aromatic N) is 2. The molecule has 4 heteroatoms. The minimum atomic E-state index is -0.301. The molecule has 0 spiro atoms. The van der Waals surface area contributed by atoms with Crippen LogP contribution in [0.2, 0.25) is 0 Å². The van der Waals surface area contributed by atoms with Crippen molar-refractivity contribution in [2.24, 2.45) is 0 Å². The van der Waals surface area contributed by atoms with Gasteiger partial charge < -0.3 is 5.32 Å². The molecule has 0 saturated heterocycles. The second kappa shape index (κ2) is 7.95. The Bertz CT molecular complexity index is 1230. The maximum absolute atomic E-state index is 13.2. The van der Waals surface area contributed by atoms with Crippen molar-refractivity contribution < 1.29 is 4.79 Å². The Hall–Kier alpha value is -3.97. The summed E-state index contributed by atoms with van der Waals surface area (Å²) in [6.45, 7) is 1.88. The lowest BCUT2D eigenvalue weighted by atomic mass is 10.0. The molecular weight excluding hydrogens is 358 g/mol. The third kappa shape index (κ3) is 3.71. The zero-order valence-corrected chi connectivity index (χ0v) is 16.0. The van der Waals surface area contributed by atoms with Gasteiger partial charge in [-0.3, -0.25) is 4.79 Å². The van der Waals surface area contributed by atoms with Crippen LogP contribution < -0.4 is 5.32 Å². The predicted molar refractivity (Wildman–Crippen MR) is 114 cm³/mol. The van der Waals surface area contributed by atoms with E-state index in [0.717, 1.165) is 27.7 Å². The molecule has 0 aliphatic carbocycles. The summed E-state index contributed by atoms with van der Waals surface area (Å²) in [5.74, 6) is -0.193. The second-order valence-electron chi connectivity index (χ2n) is 6.83. The molecule has 140 valence electrons. The van der Waals surface area contributed by atoms with Gasteiger partial charge in [0.1, 0.15) is 0 Å². The van der Waals surface area contributed by atoms with E-state index >= 15 is 0 Å². The average Bonchev–Trinajstić information content (AvgIpc) is 2.78. The fraction of sp³-hybridized carbons (Fsp3) is 0.0800. The molecule has 1 heterocycles. The van der Waals surface area contributed by atoms with Gasteiger partial charge in [0.25, 0.3) is 5.91 Å². The smallest absolute Gasteiger partial charge is 0.252 e. The van der Waals surface area contributed by atoms with Crippen molar-refractivity contribution in [3.8, 4) is 17.3 Å². The molecule has 0 radical (unpaired) electrons. The maximum atomic E-state index is 13.2. The molecule has 1 N–H and O–H groups in total. The number of fused-ring (bicyclic) bond motifs is 1. The number of rotatable bonds is 4. The first-order chi connectivity index (χ1) is 14.2. The van der Waals surface area contributed by atoms with Gasteiger partial charge in [0, 0.05) is 10.9 Å². The van der Waals surface area contributed by atoms with Crippen LogP contribution >= 0.6 is 0 Å². The Kier molecular flexibility index (Phi) is 5.05. The molecule has 0 saturated carbocycles. The van der Waals surface area contributed by atoms with Gasteiger partial charge in [-0.15, -0.1) is 0 Å².